The first kappa shape index (κ1) is 12.2. The van der Waals surface area contributed by atoms with Crippen molar-refractivity contribution in [2.45, 2.75) is 36.0 Å². The van der Waals surface area contributed by atoms with Gasteiger partial charge in [0.2, 0.25) is 5.90 Å². The highest BCUT2D eigenvalue weighted by Gasteiger charge is 2.46. The summed E-state index contributed by atoms with van der Waals surface area (Å²) in [6.07, 6.45) is 2.56. The van der Waals surface area contributed by atoms with Crippen molar-refractivity contribution in [3.05, 3.63) is 35.4 Å². The Balaban J connectivity index is 1.65. The van der Waals surface area contributed by atoms with Gasteiger partial charge in [0, 0.05) is 6.42 Å². The normalized spacial score (nSPS) is 31.3. The summed E-state index contributed by atoms with van der Waals surface area (Å²) in [5, 5.41) is 0. The Hall–Kier alpha value is -0.610. The molecule has 0 bridgehead atoms. The van der Waals surface area contributed by atoms with Gasteiger partial charge in [-0.1, -0.05) is 24.3 Å². The SMILES string of the molecule is CC1(C2=N[C@@H]3c4ccccc4C[C@@H]3O2)SCCCS1. The average molecular weight is 291 g/mol. The number of fused-ring (bicyclic) bond motifs is 3. The molecule has 2 heterocycles. The molecule has 0 N–H and O–H groups in total. The summed E-state index contributed by atoms with van der Waals surface area (Å²) in [5.41, 5.74) is 2.78. The lowest BCUT2D eigenvalue weighted by molar-refractivity contribution is 0.201. The second-order valence-corrected chi connectivity index (χ2v) is 8.72. The maximum absolute atomic E-state index is 6.22. The highest BCUT2D eigenvalue weighted by molar-refractivity contribution is 8.19. The van der Waals surface area contributed by atoms with Gasteiger partial charge >= 0.3 is 0 Å². The summed E-state index contributed by atoms with van der Waals surface area (Å²) < 4.78 is 6.26. The minimum absolute atomic E-state index is 0.0392. The Kier molecular flexibility index (Phi) is 2.85. The summed E-state index contributed by atoms with van der Waals surface area (Å²) in [4.78, 5) is 4.94. The minimum atomic E-state index is 0.0392. The van der Waals surface area contributed by atoms with Crippen molar-refractivity contribution < 1.29 is 4.74 Å². The van der Waals surface area contributed by atoms with Crippen LogP contribution in [0, 0.1) is 0 Å². The molecule has 2 aliphatic heterocycles. The number of thioether (sulfide) groups is 2. The third-order valence-corrected chi connectivity index (χ3v) is 7.24. The lowest BCUT2D eigenvalue weighted by Crippen LogP contribution is -2.33. The zero-order valence-corrected chi connectivity index (χ0v) is 12.6. The molecule has 0 aromatic heterocycles. The van der Waals surface area contributed by atoms with Crippen LogP contribution in [0.2, 0.25) is 0 Å². The van der Waals surface area contributed by atoms with Crippen molar-refractivity contribution in [2.75, 3.05) is 11.5 Å². The van der Waals surface area contributed by atoms with Crippen LogP contribution in [0.15, 0.2) is 29.3 Å². The Morgan fingerprint density at radius 1 is 1.26 bits per heavy atom. The minimum Gasteiger partial charge on any atom is -0.473 e. The van der Waals surface area contributed by atoms with Crippen LogP contribution in [0.3, 0.4) is 0 Å². The number of rotatable bonds is 1. The van der Waals surface area contributed by atoms with E-state index in [2.05, 4.69) is 31.2 Å². The molecule has 1 aliphatic carbocycles. The summed E-state index contributed by atoms with van der Waals surface area (Å²) >= 11 is 3.98. The van der Waals surface area contributed by atoms with E-state index in [0.717, 1.165) is 12.3 Å². The van der Waals surface area contributed by atoms with Gasteiger partial charge in [0.05, 0.1) is 0 Å². The van der Waals surface area contributed by atoms with E-state index >= 15 is 0 Å². The first-order chi connectivity index (χ1) is 9.26. The van der Waals surface area contributed by atoms with Gasteiger partial charge in [0.15, 0.2) is 0 Å². The third-order valence-electron chi connectivity index (χ3n) is 4.10. The molecule has 2 atom stereocenters. The van der Waals surface area contributed by atoms with E-state index in [-0.39, 0.29) is 16.2 Å². The Labute approximate surface area is 122 Å². The largest absolute Gasteiger partial charge is 0.473 e. The molecular formula is C15H17NOS2. The summed E-state index contributed by atoms with van der Waals surface area (Å²) in [6, 6.07) is 8.88. The van der Waals surface area contributed by atoms with Gasteiger partial charge < -0.3 is 4.74 Å². The standard InChI is InChI=1S/C15H17NOS2/c1-15(18-7-4-8-19-15)14-16-13-11-6-3-2-5-10(11)9-12(13)17-14/h2-3,5-6,12-13H,4,7-9H2,1H3/t12-,13+/m0/s1. The predicted octanol–water partition coefficient (Wildman–Crippen LogP) is 3.67. The van der Waals surface area contributed by atoms with Crippen molar-refractivity contribution in [3.8, 4) is 0 Å². The first-order valence-corrected chi connectivity index (χ1v) is 8.84. The number of hydrogen-bond acceptors (Lipinski definition) is 4. The van der Waals surface area contributed by atoms with Crippen molar-refractivity contribution >= 4 is 29.4 Å². The van der Waals surface area contributed by atoms with E-state index in [1.165, 1.54) is 29.1 Å². The Bertz CT molecular complexity index is 537. The molecule has 0 spiro atoms. The molecule has 0 amide bonds. The zero-order valence-electron chi connectivity index (χ0n) is 11.0. The van der Waals surface area contributed by atoms with Crippen LogP contribution in [0.25, 0.3) is 0 Å². The number of ether oxygens (including phenoxy) is 1. The Morgan fingerprint density at radius 2 is 2.05 bits per heavy atom. The topological polar surface area (TPSA) is 21.6 Å². The van der Waals surface area contributed by atoms with Crippen LogP contribution < -0.4 is 0 Å². The second kappa shape index (κ2) is 4.45. The van der Waals surface area contributed by atoms with Gasteiger partial charge in [-0.2, -0.15) is 0 Å². The molecule has 19 heavy (non-hydrogen) atoms. The van der Waals surface area contributed by atoms with Crippen molar-refractivity contribution in [1.82, 2.24) is 0 Å². The quantitative estimate of drug-likeness (QED) is 0.788. The predicted molar refractivity (Wildman–Crippen MR) is 83.1 cm³/mol. The number of nitrogens with zero attached hydrogens (tertiary/aromatic N) is 1. The molecule has 100 valence electrons. The van der Waals surface area contributed by atoms with Crippen LogP contribution in [0.5, 0.6) is 0 Å². The van der Waals surface area contributed by atoms with Crippen LogP contribution in [-0.2, 0) is 11.2 Å². The van der Waals surface area contributed by atoms with Crippen LogP contribution in [0.4, 0.5) is 0 Å². The average Bonchev–Trinajstić information content (AvgIpc) is 2.97. The van der Waals surface area contributed by atoms with Crippen LogP contribution >= 0.6 is 23.5 Å². The van der Waals surface area contributed by atoms with E-state index in [1.807, 2.05) is 23.5 Å². The van der Waals surface area contributed by atoms with Crippen LogP contribution in [-0.4, -0.2) is 27.6 Å². The molecule has 2 nitrogen and oxygen atoms in total. The van der Waals surface area contributed by atoms with E-state index in [9.17, 15) is 0 Å². The van der Waals surface area contributed by atoms with Crippen molar-refractivity contribution in [3.63, 3.8) is 0 Å². The Morgan fingerprint density at radius 3 is 2.89 bits per heavy atom. The van der Waals surface area contributed by atoms with E-state index < -0.39 is 0 Å². The lowest BCUT2D eigenvalue weighted by atomic mass is 10.1. The fraction of sp³-hybridized carbons (Fsp3) is 0.533. The number of benzene rings is 1. The van der Waals surface area contributed by atoms with Crippen molar-refractivity contribution in [2.24, 2.45) is 4.99 Å². The zero-order chi connectivity index (χ0) is 12.9. The smallest absolute Gasteiger partial charge is 0.211 e. The monoisotopic (exact) mass is 291 g/mol. The molecule has 3 aliphatic rings. The molecule has 0 radical (unpaired) electrons. The maximum atomic E-state index is 6.22. The van der Waals surface area contributed by atoms with Gasteiger partial charge in [0.25, 0.3) is 0 Å². The van der Waals surface area contributed by atoms with Crippen LogP contribution in [0.1, 0.15) is 30.5 Å². The molecule has 4 rings (SSSR count). The molecule has 4 heteroatoms. The molecule has 1 aromatic rings. The molecule has 0 saturated carbocycles. The second-order valence-electron chi connectivity index (χ2n) is 5.43. The molecule has 0 unspecified atom stereocenters. The van der Waals surface area contributed by atoms with Gasteiger partial charge in [-0.15, -0.1) is 23.5 Å². The first-order valence-electron chi connectivity index (χ1n) is 6.87. The van der Waals surface area contributed by atoms with Gasteiger partial charge in [-0.25, -0.2) is 4.99 Å². The summed E-state index contributed by atoms with van der Waals surface area (Å²) in [7, 11) is 0. The van der Waals surface area contributed by atoms with Gasteiger partial charge in [-0.3, -0.25) is 0 Å². The van der Waals surface area contributed by atoms with E-state index in [1.54, 1.807) is 0 Å². The molecular weight excluding hydrogens is 274 g/mol. The van der Waals surface area contributed by atoms with Crippen molar-refractivity contribution in [1.29, 1.82) is 0 Å². The third kappa shape index (κ3) is 1.91. The highest BCUT2D eigenvalue weighted by Crippen LogP contribution is 2.48. The fourth-order valence-corrected chi connectivity index (χ4v) is 5.90. The molecule has 1 saturated heterocycles. The summed E-state index contributed by atoms with van der Waals surface area (Å²) in [5.74, 6) is 3.42. The van der Waals surface area contributed by atoms with E-state index in [0.29, 0.717) is 0 Å². The highest BCUT2D eigenvalue weighted by atomic mass is 32.2. The number of aliphatic imine (C=N–C) groups is 1. The van der Waals surface area contributed by atoms with E-state index in [4.69, 9.17) is 9.73 Å². The fourth-order valence-electron chi connectivity index (χ4n) is 3.08. The van der Waals surface area contributed by atoms with Gasteiger partial charge in [-0.05, 0) is 36.0 Å². The number of hydrogen-bond donors (Lipinski definition) is 0. The van der Waals surface area contributed by atoms with Gasteiger partial charge in [0.1, 0.15) is 16.2 Å². The summed E-state index contributed by atoms with van der Waals surface area (Å²) in [6.45, 7) is 2.27. The molecule has 1 aromatic carbocycles. The lowest BCUT2D eigenvalue weighted by Gasteiger charge is -2.31. The molecule has 1 fully saturated rings. The maximum Gasteiger partial charge on any atom is 0.211 e.